The third kappa shape index (κ3) is 3.44. The molecule has 15 heavy (non-hydrogen) atoms. The lowest BCUT2D eigenvalue weighted by Crippen LogP contribution is -2.26. The fourth-order valence-corrected chi connectivity index (χ4v) is 1.31. The standard InChI is InChI=1S/C12H19NO2/c1-9(2)10(7-13)8-15-12-6-4-3-5-11(12)14/h3-6,9-10,14H,7-8,13H2,1-2H3. The van der Waals surface area contributed by atoms with Crippen LogP contribution in [0.1, 0.15) is 13.8 Å². The average Bonchev–Trinajstić information content (AvgIpc) is 2.21. The first-order valence-electron chi connectivity index (χ1n) is 5.26. The van der Waals surface area contributed by atoms with Crippen LogP contribution in [0.2, 0.25) is 0 Å². The fourth-order valence-electron chi connectivity index (χ4n) is 1.31. The molecule has 0 heterocycles. The summed E-state index contributed by atoms with van der Waals surface area (Å²) >= 11 is 0. The minimum Gasteiger partial charge on any atom is -0.504 e. The van der Waals surface area contributed by atoms with Gasteiger partial charge < -0.3 is 15.6 Å². The van der Waals surface area contributed by atoms with Crippen molar-refractivity contribution in [3.63, 3.8) is 0 Å². The van der Waals surface area contributed by atoms with E-state index in [2.05, 4.69) is 13.8 Å². The molecule has 0 aliphatic heterocycles. The van der Waals surface area contributed by atoms with Crippen LogP contribution in [0.25, 0.3) is 0 Å². The summed E-state index contributed by atoms with van der Waals surface area (Å²) in [5.74, 6) is 1.51. The number of benzene rings is 1. The first kappa shape index (κ1) is 11.9. The highest BCUT2D eigenvalue weighted by Gasteiger charge is 2.12. The van der Waals surface area contributed by atoms with Gasteiger partial charge in [-0.25, -0.2) is 0 Å². The minimum atomic E-state index is 0.178. The van der Waals surface area contributed by atoms with Gasteiger partial charge >= 0.3 is 0 Å². The molecule has 84 valence electrons. The molecule has 3 nitrogen and oxygen atoms in total. The fraction of sp³-hybridized carbons (Fsp3) is 0.500. The Hall–Kier alpha value is -1.22. The lowest BCUT2D eigenvalue weighted by atomic mass is 9.97. The van der Waals surface area contributed by atoms with Gasteiger partial charge in [0, 0.05) is 5.92 Å². The van der Waals surface area contributed by atoms with Gasteiger partial charge in [0.15, 0.2) is 11.5 Å². The molecular formula is C12H19NO2. The molecule has 0 spiro atoms. The smallest absolute Gasteiger partial charge is 0.160 e. The minimum absolute atomic E-state index is 0.178. The first-order chi connectivity index (χ1) is 7.15. The van der Waals surface area contributed by atoms with E-state index in [1.807, 2.05) is 6.07 Å². The van der Waals surface area contributed by atoms with Gasteiger partial charge in [-0.15, -0.1) is 0 Å². The summed E-state index contributed by atoms with van der Waals surface area (Å²) in [6.07, 6.45) is 0. The van der Waals surface area contributed by atoms with E-state index in [-0.39, 0.29) is 5.75 Å². The summed E-state index contributed by atoms with van der Waals surface area (Å²) in [5.41, 5.74) is 5.63. The van der Waals surface area contributed by atoms with Gasteiger partial charge in [0.25, 0.3) is 0 Å². The van der Waals surface area contributed by atoms with Crippen molar-refractivity contribution in [1.29, 1.82) is 0 Å². The molecule has 1 unspecified atom stereocenters. The normalized spacial score (nSPS) is 12.8. The van der Waals surface area contributed by atoms with Crippen molar-refractivity contribution < 1.29 is 9.84 Å². The predicted octanol–water partition coefficient (Wildman–Crippen LogP) is 2.00. The topological polar surface area (TPSA) is 55.5 Å². The zero-order valence-corrected chi connectivity index (χ0v) is 9.31. The van der Waals surface area contributed by atoms with E-state index in [1.165, 1.54) is 0 Å². The van der Waals surface area contributed by atoms with Crippen molar-refractivity contribution in [2.24, 2.45) is 17.6 Å². The van der Waals surface area contributed by atoms with Crippen LogP contribution in [-0.4, -0.2) is 18.3 Å². The van der Waals surface area contributed by atoms with Gasteiger partial charge in [-0.1, -0.05) is 26.0 Å². The van der Waals surface area contributed by atoms with E-state index in [4.69, 9.17) is 10.5 Å². The van der Waals surface area contributed by atoms with Crippen molar-refractivity contribution in [2.75, 3.05) is 13.2 Å². The molecule has 0 bridgehead atoms. The molecule has 0 aromatic heterocycles. The Kier molecular flexibility index (Phi) is 4.43. The van der Waals surface area contributed by atoms with Crippen molar-refractivity contribution >= 4 is 0 Å². The number of nitrogens with two attached hydrogens (primary N) is 1. The summed E-state index contributed by atoms with van der Waals surface area (Å²) in [6, 6.07) is 6.97. The van der Waals surface area contributed by atoms with Gasteiger partial charge in [-0.05, 0) is 24.6 Å². The summed E-state index contributed by atoms with van der Waals surface area (Å²) in [6.45, 7) is 5.38. The second-order valence-electron chi connectivity index (χ2n) is 4.02. The van der Waals surface area contributed by atoms with Crippen LogP contribution in [0.4, 0.5) is 0 Å². The molecule has 0 amide bonds. The molecule has 3 N–H and O–H groups in total. The predicted molar refractivity (Wildman–Crippen MR) is 61.0 cm³/mol. The highest BCUT2D eigenvalue weighted by Crippen LogP contribution is 2.25. The lowest BCUT2D eigenvalue weighted by Gasteiger charge is -2.19. The van der Waals surface area contributed by atoms with Crippen molar-refractivity contribution in [2.45, 2.75) is 13.8 Å². The molecule has 0 fully saturated rings. The number of ether oxygens (including phenoxy) is 1. The Bertz CT molecular complexity index is 299. The molecule has 1 aromatic carbocycles. The monoisotopic (exact) mass is 209 g/mol. The Morgan fingerprint density at radius 1 is 1.33 bits per heavy atom. The Morgan fingerprint density at radius 2 is 2.00 bits per heavy atom. The third-order valence-electron chi connectivity index (χ3n) is 2.56. The summed E-state index contributed by atoms with van der Waals surface area (Å²) in [5, 5.41) is 9.48. The van der Waals surface area contributed by atoms with Gasteiger partial charge in [0.1, 0.15) is 0 Å². The third-order valence-corrected chi connectivity index (χ3v) is 2.56. The SMILES string of the molecule is CC(C)C(CN)COc1ccccc1O. The highest BCUT2D eigenvalue weighted by atomic mass is 16.5. The first-order valence-corrected chi connectivity index (χ1v) is 5.26. The summed E-state index contributed by atoms with van der Waals surface area (Å²) in [4.78, 5) is 0. The molecule has 0 saturated heterocycles. The highest BCUT2D eigenvalue weighted by molar-refractivity contribution is 5.37. The molecular weight excluding hydrogens is 190 g/mol. The van der Waals surface area contributed by atoms with E-state index < -0.39 is 0 Å². The van der Waals surface area contributed by atoms with Crippen molar-refractivity contribution in [1.82, 2.24) is 0 Å². The second-order valence-corrected chi connectivity index (χ2v) is 4.02. The number of hydrogen-bond acceptors (Lipinski definition) is 3. The van der Waals surface area contributed by atoms with E-state index in [0.717, 1.165) is 0 Å². The Morgan fingerprint density at radius 3 is 2.53 bits per heavy atom. The molecule has 0 aliphatic carbocycles. The van der Waals surface area contributed by atoms with E-state index in [0.29, 0.717) is 30.7 Å². The number of para-hydroxylation sites is 2. The van der Waals surface area contributed by atoms with Crippen LogP contribution in [0.3, 0.4) is 0 Å². The van der Waals surface area contributed by atoms with Crippen LogP contribution >= 0.6 is 0 Å². The van der Waals surface area contributed by atoms with Crippen LogP contribution < -0.4 is 10.5 Å². The molecule has 0 saturated carbocycles. The van der Waals surface area contributed by atoms with E-state index in [1.54, 1.807) is 18.2 Å². The quantitative estimate of drug-likeness (QED) is 0.779. The maximum Gasteiger partial charge on any atom is 0.160 e. The molecule has 1 atom stereocenters. The zero-order chi connectivity index (χ0) is 11.3. The average molecular weight is 209 g/mol. The molecule has 1 rings (SSSR count). The maximum absolute atomic E-state index is 9.48. The van der Waals surface area contributed by atoms with Gasteiger partial charge in [0.05, 0.1) is 6.61 Å². The van der Waals surface area contributed by atoms with E-state index >= 15 is 0 Å². The Balaban J connectivity index is 2.53. The van der Waals surface area contributed by atoms with Gasteiger partial charge in [-0.2, -0.15) is 0 Å². The number of phenolic OH excluding ortho intramolecular Hbond substituents is 1. The maximum atomic E-state index is 9.48. The summed E-state index contributed by atoms with van der Waals surface area (Å²) < 4.78 is 5.52. The molecule has 0 aliphatic rings. The molecule has 0 radical (unpaired) electrons. The van der Waals surface area contributed by atoms with Crippen LogP contribution in [-0.2, 0) is 0 Å². The zero-order valence-electron chi connectivity index (χ0n) is 9.31. The number of hydrogen-bond donors (Lipinski definition) is 2. The molecule has 1 aromatic rings. The van der Waals surface area contributed by atoms with Crippen molar-refractivity contribution in [3.8, 4) is 11.5 Å². The van der Waals surface area contributed by atoms with E-state index in [9.17, 15) is 5.11 Å². The van der Waals surface area contributed by atoms with Gasteiger partial charge in [0.2, 0.25) is 0 Å². The second kappa shape index (κ2) is 5.61. The number of phenols is 1. The Labute approximate surface area is 90.9 Å². The van der Waals surface area contributed by atoms with Crippen molar-refractivity contribution in [3.05, 3.63) is 24.3 Å². The van der Waals surface area contributed by atoms with Crippen LogP contribution in [0.15, 0.2) is 24.3 Å². The largest absolute Gasteiger partial charge is 0.504 e. The lowest BCUT2D eigenvalue weighted by molar-refractivity contribution is 0.208. The summed E-state index contributed by atoms with van der Waals surface area (Å²) in [7, 11) is 0. The van der Waals surface area contributed by atoms with Gasteiger partial charge in [-0.3, -0.25) is 0 Å². The number of aromatic hydroxyl groups is 1. The molecule has 3 heteroatoms. The number of rotatable bonds is 5. The van der Waals surface area contributed by atoms with Crippen LogP contribution in [0.5, 0.6) is 11.5 Å². The van der Waals surface area contributed by atoms with Crippen LogP contribution in [0, 0.1) is 11.8 Å².